The van der Waals surface area contributed by atoms with Gasteiger partial charge in [0, 0.05) is 10.0 Å². The molecule has 0 aliphatic carbocycles. The third-order valence-corrected chi connectivity index (χ3v) is 3.67. The minimum absolute atomic E-state index is 0.0942. The van der Waals surface area contributed by atoms with Gasteiger partial charge < -0.3 is 10.0 Å². The maximum Gasteiger partial charge on any atom is 0.308 e. The van der Waals surface area contributed by atoms with Gasteiger partial charge in [0.15, 0.2) is 0 Å². The van der Waals surface area contributed by atoms with Gasteiger partial charge in [0.25, 0.3) is 0 Å². The first-order valence-corrected chi connectivity index (χ1v) is 6.89. The van der Waals surface area contributed by atoms with Crippen molar-refractivity contribution >= 4 is 21.9 Å². The molecule has 0 aliphatic heterocycles. The van der Waals surface area contributed by atoms with Crippen LogP contribution < -0.4 is 0 Å². The molecule has 0 bridgehead atoms. The summed E-state index contributed by atoms with van der Waals surface area (Å²) in [6.45, 7) is 3.68. The number of hydrogen-bond acceptors (Lipinski definition) is 2. The summed E-state index contributed by atoms with van der Waals surface area (Å²) in [6, 6.07) is 4.11. The largest absolute Gasteiger partial charge is 0.481 e. The zero-order chi connectivity index (χ0) is 14.7. The molecule has 0 saturated carbocycles. The molecule has 2 atom stereocenters. The van der Waals surface area contributed by atoms with E-state index in [0.29, 0.717) is 5.56 Å². The Morgan fingerprint density at radius 1 is 1.37 bits per heavy atom. The average molecular weight is 332 g/mol. The Morgan fingerprint density at radius 2 is 1.95 bits per heavy atom. The third kappa shape index (κ3) is 3.76. The normalized spacial score (nSPS) is 14.7. The summed E-state index contributed by atoms with van der Waals surface area (Å²) in [4.78, 5) is 13.2. The zero-order valence-corrected chi connectivity index (χ0v) is 13.1. The molecule has 0 aliphatic rings. The van der Waals surface area contributed by atoms with Crippen molar-refractivity contribution in [3.05, 3.63) is 34.1 Å². The number of hydrogen-bond donors (Lipinski definition) is 1. The quantitative estimate of drug-likeness (QED) is 0.896. The van der Waals surface area contributed by atoms with Gasteiger partial charge in [-0.1, -0.05) is 29.8 Å². The van der Waals surface area contributed by atoms with Crippen LogP contribution >= 0.6 is 15.9 Å². The predicted molar refractivity (Wildman–Crippen MR) is 76.5 cm³/mol. The van der Waals surface area contributed by atoms with Gasteiger partial charge in [-0.05, 0) is 38.2 Å². The summed E-state index contributed by atoms with van der Waals surface area (Å²) >= 11 is 3.30. The van der Waals surface area contributed by atoms with E-state index in [9.17, 15) is 14.3 Å². The molecule has 0 amide bonds. The van der Waals surface area contributed by atoms with E-state index in [1.165, 1.54) is 6.07 Å². The average Bonchev–Trinajstić information content (AvgIpc) is 2.27. The van der Waals surface area contributed by atoms with Crippen molar-refractivity contribution in [2.24, 2.45) is 11.8 Å². The lowest BCUT2D eigenvalue weighted by Crippen LogP contribution is -2.36. The fraction of sp³-hybridized carbons (Fsp3) is 0.500. The van der Waals surface area contributed by atoms with Crippen LogP contribution in [0.1, 0.15) is 25.5 Å². The van der Waals surface area contributed by atoms with Crippen LogP contribution in [0.3, 0.4) is 0 Å². The molecule has 1 aromatic rings. The van der Waals surface area contributed by atoms with Crippen molar-refractivity contribution in [3.8, 4) is 0 Å². The Morgan fingerprint density at radius 3 is 2.37 bits per heavy atom. The Hall–Kier alpha value is -0.940. The highest BCUT2D eigenvalue weighted by Gasteiger charge is 2.35. The molecular weight excluding hydrogens is 313 g/mol. The first-order valence-electron chi connectivity index (χ1n) is 6.10. The molecule has 106 valence electrons. The highest BCUT2D eigenvalue weighted by atomic mass is 79.9. The second-order valence-electron chi connectivity index (χ2n) is 5.18. The lowest BCUT2D eigenvalue weighted by Gasteiger charge is -2.32. The Kier molecular flexibility index (Phi) is 5.50. The van der Waals surface area contributed by atoms with Crippen molar-refractivity contribution in [1.29, 1.82) is 0 Å². The molecule has 1 N–H and O–H groups in total. The summed E-state index contributed by atoms with van der Waals surface area (Å²) < 4.78 is 14.8. The molecule has 0 fully saturated rings. The molecule has 0 spiro atoms. The number of carboxylic acid groups (broad SMARTS) is 1. The van der Waals surface area contributed by atoms with E-state index in [0.717, 1.165) is 4.47 Å². The Balaban J connectivity index is 3.34. The molecule has 1 rings (SSSR count). The second kappa shape index (κ2) is 6.48. The van der Waals surface area contributed by atoms with Crippen LogP contribution in [-0.4, -0.2) is 30.1 Å². The Labute approximate surface area is 121 Å². The minimum Gasteiger partial charge on any atom is -0.481 e. The van der Waals surface area contributed by atoms with E-state index in [1.807, 2.05) is 13.8 Å². The van der Waals surface area contributed by atoms with E-state index in [2.05, 4.69) is 15.9 Å². The van der Waals surface area contributed by atoms with Crippen molar-refractivity contribution in [1.82, 2.24) is 4.90 Å². The molecule has 19 heavy (non-hydrogen) atoms. The molecule has 0 saturated heterocycles. The van der Waals surface area contributed by atoms with Gasteiger partial charge >= 0.3 is 5.97 Å². The lowest BCUT2D eigenvalue weighted by atomic mass is 9.83. The van der Waals surface area contributed by atoms with Crippen molar-refractivity contribution in [2.45, 2.75) is 19.9 Å². The maximum absolute atomic E-state index is 14.0. The van der Waals surface area contributed by atoms with E-state index < -0.39 is 17.9 Å². The van der Waals surface area contributed by atoms with Crippen LogP contribution in [0.4, 0.5) is 4.39 Å². The van der Waals surface area contributed by atoms with Gasteiger partial charge in [-0.3, -0.25) is 4.79 Å². The predicted octanol–water partition coefficient (Wildman–Crippen LogP) is 3.55. The summed E-state index contributed by atoms with van der Waals surface area (Å²) in [7, 11) is 3.53. The van der Waals surface area contributed by atoms with Gasteiger partial charge in [-0.25, -0.2) is 4.39 Å². The second-order valence-corrected chi connectivity index (χ2v) is 6.10. The summed E-state index contributed by atoms with van der Waals surface area (Å²) in [5.41, 5.74) is 0.403. The summed E-state index contributed by atoms with van der Waals surface area (Å²) in [6.07, 6.45) is 0. The molecule has 0 heterocycles. The molecule has 0 aromatic heterocycles. The first kappa shape index (κ1) is 16.1. The molecule has 0 radical (unpaired) electrons. The highest BCUT2D eigenvalue weighted by molar-refractivity contribution is 9.10. The first-order chi connectivity index (χ1) is 8.75. The van der Waals surface area contributed by atoms with Crippen molar-refractivity contribution in [2.75, 3.05) is 14.1 Å². The smallest absolute Gasteiger partial charge is 0.308 e. The van der Waals surface area contributed by atoms with Crippen LogP contribution in [-0.2, 0) is 4.79 Å². The molecule has 1 aromatic carbocycles. The monoisotopic (exact) mass is 331 g/mol. The fourth-order valence-electron chi connectivity index (χ4n) is 2.32. The van der Waals surface area contributed by atoms with E-state index >= 15 is 0 Å². The number of carbonyl (C=O) groups is 1. The minimum atomic E-state index is -0.909. The van der Waals surface area contributed by atoms with Gasteiger partial charge in [0.2, 0.25) is 0 Å². The van der Waals surface area contributed by atoms with Gasteiger partial charge in [0.1, 0.15) is 5.82 Å². The number of rotatable bonds is 5. The fourth-order valence-corrected chi connectivity index (χ4v) is 2.70. The number of nitrogens with zero attached hydrogens (tertiary/aromatic N) is 1. The summed E-state index contributed by atoms with van der Waals surface area (Å²) in [5, 5.41) is 9.42. The number of halogens is 2. The van der Waals surface area contributed by atoms with Crippen LogP contribution in [0.15, 0.2) is 22.7 Å². The van der Waals surface area contributed by atoms with Crippen LogP contribution in [0.5, 0.6) is 0 Å². The van der Waals surface area contributed by atoms with Crippen molar-refractivity contribution < 1.29 is 14.3 Å². The zero-order valence-electron chi connectivity index (χ0n) is 11.5. The SMILES string of the molecule is CC(C)C(C(=O)O)C(c1cc(Br)ccc1F)N(C)C. The maximum atomic E-state index is 14.0. The van der Waals surface area contributed by atoms with E-state index in [-0.39, 0.29) is 11.7 Å². The van der Waals surface area contributed by atoms with Gasteiger partial charge in [-0.15, -0.1) is 0 Å². The van der Waals surface area contributed by atoms with E-state index in [1.54, 1.807) is 31.1 Å². The van der Waals surface area contributed by atoms with Gasteiger partial charge in [0.05, 0.1) is 12.0 Å². The standard InChI is InChI=1S/C14H19BrFNO2/c1-8(2)12(14(18)19)13(17(3)4)10-7-9(15)5-6-11(10)16/h5-8,12-13H,1-4H3,(H,18,19). The van der Waals surface area contributed by atoms with Crippen molar-refractivity contribution in [3.63, 3.8) is 0 Å². The molecular formula is C14H19BrFNO2. The molecule has 2 unspecified atom stereocenters. The number of carboxylic acids is 1. The highest BCUT2D eigenvalue weighted by Crippen LogP contribution is 2.35. The number of aliphatic carboxylic acids is 1. The van der Waals surface area contributed by atoms with Gasteiger partial charge in [-0.2, -0.15) is 0 Å². The summed E-state index contributed by atoms with van der Waals surface area (Å²) in [5.74, 6) is -2.05. The van der Waals surface area contributed by atoms with Crippen LogP contribution in [0, 0.1) is 17.7 Å². The Bertz CT molecular complexity index is 463. The number of benzene rings is 1. The van der Waals surface area contributed by atoms with E-state index in [4.69, 9.17) is 0 Å². The topological polar surface area (TPSA) is 40.5 Å². The van der Waals surface area contributed by atoms with Crippen LogP contribution in [0.25, 0.3) is 0 Å². The van der Waals surface area contributed by atoms with Crippen LogP contribution in [0.2, 0.25) is 0 Å². The lowest BCUT2D eigenvalue weighted by molar-refractivity contribution is -0.146. The third-order valence-electron chi connectivity index (χ3n) is 3.18. The molecule has 5 heteroatoms. The molecule has 3 nitrogen and oxygen atoms in total.